The Morgan fingerprint density at radius 1 is 1.44 bits per heavy atom. The minimum absolute atomic E-state index is 0.0529. The normalized spacial score (nSPS) is 18.2. The van der Waals surface area contributed by atoms with Crippen molar-refractivity contribution in [2.24, 2.45) is 11.7 Å². The molecule has 0 spiro atoms. The van der Waals surface area contributed by atoms with E-state index in [2.05, 4.69) is 21.2 Å². The Morgan fingerprint density at radius 2 is 2.06 bits per heavy atom. The average Bonchev–Trinajstić information content (AvgIpc) is 3.16. The molecule has 0 aromatic heterocycles. The maximum absolute atomic E-state index is 12.0. The largest absolute Gasteiger partial charge is 0.349 e. The van der Waals surface area contributed by atoms with E-state index in [0.717, 1.165) is 10.0 Å². The molecule has 1 fully saturated rings. The lowest BCUT2D eigenvalue weighted by Gasteiger charge is -2.29. The Hall–Kier alpha value is -0.870. The second-order valence-electron chi connectivity index (χ2n) is 5.25. The van der Waals surface area contributed by atoms with Crippen LogP contribution in [0.1, 0.15) is 25.3 Å². The number of carbonyl (C=O) groups excluding carboxylic acids is 1. The number of amides is 1. The van der Waals surface area contributed by atoms with Crippen LogP contribution in [0.25, 0.3) is 0 Å². The third-order valence-electron chi connectivity index (χ3n) is 3.61. The molecule has 1 aliphatic carbocycles. The Labute approximate surface area is 116 Å². The number of benzene rings is 1. The maximum Gasteiger partial charge on any atom is 0.224 e. The highest BCUT2D eigenvalue weighted by atomic mass is 79.9. The second kappa shape index (κ2) is 5.41. The summed E-state index contributed by atoms with van der Waals surface area (Å²) in [5.74, 6) is 0.605. The lowest BCUT2D eigenvalue weighted by atomic mass is 9.95. The van der Waals surface area contributed by atoms with Crippen molar-refractivity contribution >= 4 is 21.8 Å². The van der Waals surface area contributed by atoms with Gasteiger partial charge in [0.2, 0.25) is 5.91 Å². The van der Waals surface area contributed by atoms with Crippen LogP contribution in [0.2, 0.25) is 0 Å². The highest BCUT2D eigenvalue weighted by molar-refractivity contribution is 9.10. The van der Waals surface area contributed by atoms with Crippen LogP contribution in [-0.4, -0.2) is 18.0 Å². The minimum Gasteiger partial charge on any atom is -0.349 e. The van der Waals surface area contributed by atoms with Crippen molar-refractivity contribution in [3.63, 3.8) is 0 Å². The number of nitrogens with one attached hydrogen (secondary N) is 1. The van der Waals surface area contributed by atoms with Crippen LogP contribution in [0, 0.1) is 5.92 Å². The van der Waals surface area contributed by atoms with Crippen LogP contribution in [0.15, 0.2) is 28.7 Å². The first-order chi connectivity index (χ1) is 8.53. The fourth-order valence-electron chi connectivity index (χ4n) is 2.19. The van der Waals surface area contributed by atoms with Crippen molar-refractivity contribution in [2.75, 3.05) is 6.54 Å². The molecule has 0 saturated heterocycles. The van der Waals surface area contributed by atoms with E-state index in [1.165, 1.54) is 12.8 Å². The van der Waals surface area contributed by atoms with Crippen molar-refractivity contribution < 1.29 is 4.79 Å². The van der Waals surface area contributed by atoms with Crippen molar-refractivity contribution in [1.82, 2.24) is 5.32 Å². The van der Waals surface area contributed by atoms with Gasteiger partial charge in [-0.3, -0.25) is 4.79 Å². The van der Waals surface area contributed by atoms with E-state index >= 15 is 0 Å². The molecule has 0 heterocycles. The van der Waals surface area contributed by atoms with Crippen LogP contribution in [0.4, 0.5) is 0 Å². The highest BCUT2D eigenvalue weighted by Crippen LogP contribution is 2.38. The van der Waals surface area contributed by atoms with Crippen LogP contribution >= 0.6 is 15.9 Å². The number of halogens is 1. The Morgan fingerprint density at radius 3 is 2.56 bits per heavy atom. The summed E-state index contributed by atoms with van der Waals surface area (Å²) >= 11 is 3.38. The molecule has 3 nitrogen and oxygen atoms in total. The van der Waals surface area contributed by atoms with Gasteiger partial charge in [-0.05, 0) is 43.4 Å². The third kappa shape index (κ3) is 3.33. The van der Waals surface area contributed by atoms with E-state index in [9.17, 15) is 4.79 Å². The van der Waals surface area contributed by atoms with Gasteiger partial charge in [0, 0.05) is 11.0 Å². The molecule has 0 bridgehead atoms. The second-order valence-corrected chi connectivity index (χ2v) is 6.16. The summed E-state index contributed by atoms with van der Waals surface area (Å²) in [6.45, 7) is 2.55. The molecule has 1 unspecified atom stereocenters. The summed E-state index contributed by atoms with van der Waals surface area (Å²) in [6.07, 6.45) is 2.76. The summed E-state index contributed by atoms with van der Waals surface area (Å²) < 4.78 is 1.02. The number of carbonyl (C=O) groups is 1. The van der Waals surface area contributed by atoms with Crippen LogP contribution in [0.5, 0.6) is 0 Å². The fourth-order valence-corrected chi connectivity index (χ4v) is 2.45. The number of hydrogen-bond acceptors (Lipinski definition) is 2. The van der Waals surface area contributed by atoms with E-state index < -0.39 is 0 Å². The monoisotopic (exact) mass is 310 g/mol. The van der Waals surface area contributed by atoms with Gasteiger partial charge in [0.1, 0.15) is 0 Å². The maximum atomic E-state index is 12.0. The van der Waals surface area contributed by atoms with E-state index in [1.54, 1.807) is 0 Å². The molecule has 1 aromatic rings. The molecule has 4 heteroatoms. The topological polar surface area (TPSA) is 55.1 Å². The molecule has 1 saturated carbocycles. The summed E-state index contributed by atoms with van der Waals surface area (Å²) in [7, 11) is 0. The van der Waals surface area contributed by atoms with Gasteiger partial charge < -0.3 is 11.1 Å². The molecule has 1 atom stereocenters. The van der Waals surface area contributed by atoms with E-state index in [1.807, 2.05) is 31.2 Å². The number of nitrogens with two attached hydrogens (primary N) is 1. The SMILES string of the molecule is CC(CN)(NC(=O)Cc1ccc(Br)cc1)C1CC1. The summed E-state index contributed by atoms with van der Waals surface area (Å²) in [6, 6.07) is 7.82. The zero-order valence-electron chi connectivity index (χ0n) is 10.6. The van der Waals surface area contributed by atoms with E-state index in [4.69, 9.17) is 5.73 Å². The van der Waals surface area contributed by atoms with E-state index in [0.29, 0.717) is 18.9 Å². The first kappa shape index (κ1) is 13.6. The van der Waals surface area contributed by atoms with Crippen LogP contribution < -0.4 is 11.1 Å². The molecule has 0 aliphatic heterocycles. The predicted molar refractivity (Wildman–Crippen MR) is 76.2 cm³/mol. The lowest BCUT2D eigenvalue weighted by Crippen LogP contribution is -2.53. The van der Waals surface area contributed by atoms with Crippen molar-refractivity contribution in [3.8, 4) is 0 Å². The number of hydrogen-bond donors (Lipinski definition) is 2. The Kier molecular flexibility index (Phi) is 4.07. The summed E-state index contributed by atoms with van der Waals surface area (Å²) in [5.41, 5.74) is 6.58. The average molecular weight is 311 g/mol. The zero-order chi connectivity index (χ0) is 13.2. The van der Waals surface area contributed by atoms with Crippen molar-refractivity contribution in [2.45, 2.75) is 31.7 Å². The van der Waals surface area contributed by atoms with Crippen molar-refractivity contribution in [3.05, 3.63) is 34.3 Å². The molecule has 0 radical (unpaired) electrons. The Bertz CT molecular complexity index is 428. The van der Waals surface area contributed by atoms with Gasteiger partial charge in [-0.25, -0.2) is 0 Å². The zero-order valence-corrected chi connectivity index (χ0v) is 12.2. The third-order valence-corrected chi connectivity index (χ3v) is 4.13. The Balaban J connectivity index is 1.93. The fraction of sp³-hybridized carbons (Fsp3) is 0.500. The van der Waals surface area contributed by atoms with Gasteiger partial charge in [-0.15, -0.1) is 0 Å². The lowest BCUT2D eigenvalue weighted by molar-refractivity contribution is -0.122. The van der Waals surface area contributed by atoms with Crippen LogP contribution in [-0.2, 0) is 11.2 Å². The molecular weight excluding hydrogens is 292 g/mol. The van der Waals surface area contributed by atoms with Gasteiger partial charge in [0.25, 0.3) is 0 Å². The molecule has 1 amide bonds. The van der Waals surface area contributed by atoms with Gasteiger partial charge in [0.05, 0.1) is 12.0 Å². The molecule has 1 aliphatic rings. The predicted octanol–water partition coefficient (Wildman–Crippen LogP) is 2.24. The van der Waals surface area contributed by atoms with Gasteiger partial charge in [-0.1, -0.05) is 28.1 Å². The quantitative estimate of drug-likeness (QED) is 0.876. The van der Waals surface area contributed by atoms with Crippen LogP contribution in [0.3, 0.4) is 0 Å². The smallest absolute Gasteiger partial charge is 0.224 e. The molecule has 98 valence electrons. The van der Waals surface area contributed by atoms with E-state index in [-0.39, 0.29) is 11.4 Å². The highest BCUT2D eigenvalue weighted by Gasteiger charge is 2.41. The first-order valence-corrected chi connectivity index (χ1v) is 7.08. The molecule has 2 rings (SSSR count). The van der Waals surface area contributed by atoms with Gasteiger partial charge in [0.15, 0.2) is 0 Å². The standard InChI is InChI=1S/C14H19BrN2O/c1-14(9-16,11-4-5-11)17-13(18)8-10-2-6-12(15)7-3-10/h2-3,6-7,11H,4-5,8-9,16H2,1H3,(H,17,18). The van der Waals surface area contributed by atoms with Crippen molar-refractivity contribution in [1.29, 1.82) is 0 Å². The van der Waals surface area contributed by atoms with Gasteiger partial charge >= 0.3 is 0 Å². The molecule has 3 N–H and O–H groups in total. The van der Waals surface area contributed by atoms with Gasteiger partial charge in [-0.2, -0.15) is 0 Å². The molecule has 18 heavy (non-hydrogen) atoms. The minimum atomic E-state index is -0.230. The molecule has 1 aromatic carbocycles. The molecular formula is C14H19BrN2O. The summed E-state index contributed by atoms with van der Waals surface area (Å²) in [4.78, 5) is 12.0. The number of rotatable bonds is 5. The summed E-state index contributed by atoms with van der Waals surface area (Å²) in [5, 5.41) is 3.09. The first-order valence-electron chi connectivity index (χ1n) is 6.29.